The van der Waals surface area contributed by atoms with Crippen LogP contribution in [0.4, 0.5) is 10.1 Å². The molecule has 0 bridgehead atoms. The standard InChI is InChI=1S/C20H26FN5O/c1-20(2,19-24-23-17-9-5-6-11-26(17)19)22-18(27)14-10-12-25(13-14)16-8-4-3-7-15(16)21/h3-4,7-8,14H,5-6,9-13H2,1-2H3,(H,22,27). The number of hydrogen-bond acceptors (Lipinski definition) is 4. The van der Waals surface area contributed by atoms with Crippen LogP contribution in [-0.4, -0.2) is 33.8 Å². The van der Waals surface area contributed by atoms with Gasteiger partial charge in [0.1, 0.15) is 11.6 Å². The van der Waals surface area contributed by atoms with Crippen LogP contribution in [-0.2, 0) is 23.3 Å². The zero-order chi connectivity index (χ0) is 19.0. The molecule has 7 heteroatoms. The van der Waals surface area contributed by atoms with Crippen molar-refractivity contribution in [1.82, 2.24) is 20.1 Å². The molecule has 1 unspecified atom stereocenters. The molecule has 1 saturated heterocycles. The average Bonchev–Trinajstić information content (AvgIpc) is 3.29. The first kappa shape index (κ1) is 17.9. The smallest absolute Gasteiger partial charge is 0.225 e. The Balaban J connectivity index is 1.45. The number of nitrogens with zero attached hydrogens (tertiary/aromatic N) is 4. The molecule has 1 aromatic carbocycles. The summed E-state index contributed by atoms with van der Waals surface area (Å²) in [6, 6.07) is 6.73. The van der Waals surface area contributed by atoms with E-state index < -0.39 is 5.54 Å². The SMILES string of the molecule is CC(C)(NC(=O)C1CCN(c2ccccc2F)C1)c1nnc2n1CCCC2. The number of halogens is 1. The Morgan fingerprint density at radius 3 is 2.85 bits per heavy atom. The van der Waals surface area contributed by atoms with Crippen molar-refractivity contribution >= 4 is 11.6 Å². The van der Waals surface area contributed by atoms with Crippen molar-refractivity contribution in [3.63, 3.8) is 0 Å². The summed E-state index contributed by atoms with van der Waals surface area (Å²) in [7, 11) is 0. The van der Waals surface area contributed by atoms with Gasteiger partial charge in [0.15, 0.2) is 5.82 Å². The highest BCUT2D eigenvalue weighted by Crippen LogP contribution is 2.28. The van der Waals surface area contributed by atoms with Crippen LogP contribution in [0.3, 0.4) is 0 Å². The lowest BCUT2D eigenvalue weighted by atomic mass is 10.0. The van der Waals surface area contributed by atoms with E-state index in [2.05, 4.69) is 20.1 Å². The van der Waals surface area contributed by atoms with Gasteiger partial charge in [-0.05, 0) is 45.2 Å². The number of rotatable bonds is 4. The van der Waals surface area contributed by atoms with Gasteiger partial charge in [-0.1, -0.05) is 12.1 Å². The summed E-state index contributed by atoms with van der Waals surface area (Å²) in [5, 5.41) is 11.8. The second-order valence-corrected chi connectivity index (χ2v) is 8.05. The number of hydrogen-bond donors (Lipinski definition) is 1. The lowest BCUT2D eigenvalue weighted by Gasteiger charge is -2.29. The molecule has 4 rings (SSSR count). The van der Waals surface area contributed by atoms with Crippen LogP contribution in [0, 0.1) is 11.7 Å². The summed E-state index contributed by atoms with van der Waals surface area (Å²) in [4.78, 5) is 14.8. The number of fused-ring (bicyclic) bond motifs is 1. The summed E-state index contributed by atoms with van der Waals surface area (Å²) in [5.74, 6) is 1.41. The van der Waals surface area contributed by atoms with Crippen LogP contribution in [0.5, 0.6) is 0 Å². The number of nitrogens with one attached hydrogen (secondary N) is 1. The monoisotopic (exact) mass is 371 g/mol. The lowest BCUT2D eigenvalue weighted by molar-refractivity contribution is -0.126. The van der Waals surface area contributed by atoms with Gasteiger partial charge in [-0.2, -0.15) is 0 Å². The van der Waals surface area contributed by atoms with Crippen LogP contribution in [0.15, 0.2) is 24.3 Å². The first-order valence-electron chi connectivity index (χ1n) is 9.70. The van der Waals surface area contributed by atoms with Crippen LogP contribution in [0.2, 0.25) is 0 Å². The normalized spacial score (nSPS) is 19.8. The van der Waals surface area contributed by atoms with E-state index >= 15 is 0 Å². The molecule has 2 aliphatic heterocycles. The summed E-state index contributed by atoms with van der Waals surface area (Å²) >= 11 is 0. The van der Waals surface area contributed by atoms with Crippen LogP contribution < -0.4 is 10.2 Å². The fraction of sp³-hybridized carbons (Fsp3) is 0.550. The molecule has 1 amide bonds. The highest BCUT2D eigenvalue weighted by Gasteiger charge is 2.36. The molecule has 6 nitrogen and oxygen atoms in total. The molecule has 1 atom stereocenters. The van der Waals surface area contributed by atoms with Gasteiger partial charge in [0, 0.05) is 26.1 Å². The van der Waals surface area contributed by atoms with Gasteiger partial charge in [0.2, 0.25) is 5.91 Å². The van der Waals surface area contributed by atoms with Gasteiger partial charge in [-0.3, -0.25) is 4.79 Å². The Kier molecular flexibility index (Phi) is 4.61. The molecule has 2 aromatic rings. The van der Waals surface area contributed by atoms with E-state index in [1.807, 2.05) is 24.8 Å². The maximum atomic E-state index is 14.0. The number of aryl methyl sites for hydroxylation is 1. The molecule has 2 aliphatic rings. The quantitative estimate of drug-likeness (QED) is 0.897. The Bertz CT molecular complexity index is 847. The highest BCUT2D eigenvalue weighted by molar-refractivity contribution is 5.81. The Hall–Kier alpha value is -2.44. The lowest BCUT2D eigenvalue weighted by Crippen LogP contribution is -2.46. The average molecular weight is 371 g/mol. The summed E-state index contributed by atoms with van der Waals surface area (Å²) in [6.07, 6.45) is 3.91. The van der Waals surface area contributed by atoms with Gasteiger partial charge in [-0.25, -0.2) is 4.39 Å². The van der Waals surface area contributed by atoms with Gasteiger partial charge >= 0.3 is 0 Å². The molecule has 3 heterocycles. The van der Waals surface area contributed by atoms with E-state index in [-0.39, 0.29) is 17.6 Å². The minimum Gasteiger partial charge on any atom is -0.368 e. The molecule has 0 radical (unpaired) electrons. The van der Waals surface area contributed by atoms with E-state index in [0.717, 1.165) is 37.5 Å². The van der Waals surface area contributed by atoms with Gasteiger partial charge in [-0.15, -0.1) is 10.2 Å². The first-order chi connectivity index (χ1) is 13.0. The van der Waals surface area contributed by atoms with Gasteiger partial charge in [0.05, 0.1) is 17.1 Å². The molecular formula is C20H26FN5O. The Labute approximate surface area is 158 Å². The van der Waals surface area contributed by atoms with Crippen LogP contribution >= 0.6 is 0 Å². The van der Waals surface area contributed by atoms with Crippen molar-refractivity contribution in [2.24, 2.45) is 5.92 Å². The molecule has 0 saturated carbocycles. The molecule has 0 spiro atoms. The van der Waals surface area contributed by atoms with Crippen LogP contribution in [0.25, 0.3) is 0 Å². The number of benzene rings is 1. The number of carbonyl (C=O) groups excluding carboxylic acids is 1. The molecule has 1 N–H and O–H groups in total. The van der Waals surface area contributed by atoms with Crippen molar-refractivity contribution in [2.45, 2.75) is 51.6 Å². The van der Waals surface area contributed by atoms with Gasteiger partial charge in [0.25, 0.3) is 0 Å². The van der Waals surface area contributed by atoms with Crippen molar-refractivity contribution in [3.8, 4) is 0 Å². The van der Waals surface area contributed by atoms with E-state index in [9.17, 15) is 9.18 Å². The maximum Gasteiger partial charge on any atom is 0.225 e. The van der Waals surface area contributed by atoms with Crippen molar-refractivity contribution in [1.29, 1.82) is 0 Å². The summed E-state index contributed by atoms with van der Waals surface area (Å²) in [6.45, 7) is 6.06. The molecular weight excluding hydrogens is 345 g/mol. The summed E-state index contributed by atoms with van der Waals surface area (Å²) < 4.78 is 16.2. The molecule has 27 heavy (non-hydrogen) atoms. The topological polar surface area (TPSA) is 63.1 Å². The number of carbonyl (C=O) groups is 1. The fourth-order valence-corrected chi connectivity index (χ4v) is 4.14. The minimum absolute atomic E-state index is 0.00741. The number of para-hydroxylation sites is 1. The fourth-order valence-electron chi connectivity index (χ4n) is 4.14. The van der Waals surface area contributed by atoms with Crippen molar-refractivity contribution in [2.75, 3.05) is 18.0 Å². The third kappa shape index (κ3) is 3.42. The second kappa shape index (κ2) is 6.94. The third-order valence-corrected chi connectivity index (χ3v) is 5.61. The van der Waals surface area contributed by atoms with Crippen molar-refractivity contribution < 1.29 is 9.18 Å². The predicted octanol–water partition coefficient (Wildman–Crippen LogP) is 2.63. The first-order valence-corrected chi connectivity index (χ1v) is 9.70. The third-order valence-electron chi connectivity index (χ3n) is 5.61. The number of aromatic nitrogens is 3. The molecule has 144 valence electrons. The Morgan fingerprint density at radius 1 is 1.22 bits per heavy atom. The summed E-state index contributed by atoms with van der Waals surface area (Å²) in [5.41, 5.74) is -0.0240. The van der Waals surface area contributed by atoms with E-state index in [1.54, 1.807) is 12.1 Å². The highest BCUT2D eigenvalue weighted by atomic mass is 19.1. The number of amides is 1. The Morgan fingerprint density at radius 2 is 2.04 bits per heavy atom. The van der Waals surface area contributed by atoms with E-state index in [0.29, 0.717) is 25.2 Å². The zero-order valence-corrected chi connectivity index (χ0v) is 15.9. The van der Waals surface area contributed by atoms with E-state index in [1.165, 1.54) is 6.07 Å². The maximum absolute atomic E-state index is 14.0. The van der Waals surface area contributed by atoms with Crippen molar-refractivity contribution in [3.05, 3.63) is 41.7 Å². The van der Waals surface area contributed by atoms with Crippen LogP contribution in [0.1, 0.15) is 44.8 Å². The minimum atomic E-state index is -0.592. The second-order valence-electron chi connectivity index (χ2n) is 8.05. The number of anilines is 1. The zero-order valence-electron chi connectivity index (χ0n) is 15.9. The molecule has 0 aliphatic carbocycles. The van der Waals surface area contributed by atoms with E-state index in [4.69, 9.17) is 0 Å². The molecule has 1 fully saturated rings. The predicted molar refractivity (Wildman–Crippen MR) is 101 cm³/mol. The van der Waals surface area contributed by atoms with Gasteiger partial charge < -0.3 is 14.8 Å². The largest absolute Gasteiger partial charge is 0.368 e. The molecule has 1 aromatic heterocycles.